The van der Waals surface area contributed by atoms with Crippen molar-refractivity contribution in [1.82, 2.24) is 39.5 Å². The molecule has 0 N–H and O–H groups in total. The summed E-state index contributed by atoms with van der Waals surface area (Å²) in [5.41, 5.74) is 2.16. The third kappa shape index (κ3) is 9.62. The molecule has 216 valence electrons. The summed E-state index contributed by atoms with van der Waals surface area (Å²) in [4.78, 5) is 21.9. The number of rotatable bonds is 2. The number of hydrogen-bond donors (Lipinski definition) is 0. The van der Waals surface area contributed by atoms with Crippen molar-refractivity contribution in [2.24, 2.45) is 0 Å². The molecule has 13 heteroatoms. The van der Waals surface area contributed by atoms with Gasteiger partial charge in [0.05, 0.1) is 46.0 Å². The molecule has 0 bridgehead atoms. The highest BCUT2D eigenvalue weighted by atomic mass is 127. The Hall–Kier alpha value is -6.29. The van der Waals surface area contributed by atoms with Gasteiger partial charge in [0.2, 0.25) is 11.6 Å². The van der Waals surface area contributed by atoms with Crippen molar-refractivity contribution in [1.29, 1.82) is 0 Å². The summed E-state index contributed by atoms with van der Waals surface area (Å²) in [7, 11) is 0. The average molecular weight is 706 g/mol. The predicted molar refractivity (Wildman–Crippen MR) is 170 cm³/mol. The number of terminal acetylenes is 1. The molecule has 45 heavy (non-hydrogen) atoms. The van der Waals surface area contributed by atoms with Gasteiger partial charge in [0.25, 0.3) is 0 Å². The van der Waals surface area contributed by atoms with E-state index in [-0.39, 0.29) is 11.4 Å². The summed E-state index contributed by atoms with van der Waals surface area (Å²) >= 11 is 2.12. The van der Waals surface area contributed by atoms with Crippen molar-refractivity contribution in [3.8, 4) is 35.6 Å². The van der Waals surface area contributed by atoms with Gasteiger partial charge in [0.1, 0.15) is 11.6 Å². The minimum Gasteiger partial charge on any atom is -0.241 e. The Balaban J connectivity index is 0.000000172. The van der Waals surface area contributed by atoms with Gasteiger partial charge in [-0.1, -0.05) is 5.92 Å². The van der Waals surface area contributed by atoms with Crippen molar-refractivity contribution in [2.45, 2.75) is 0 Å². The van der Waals surface area contributed by atoms with Crippen LogP contribution < -0.4 is 0 Å². The Bertz CT molecular complexity index is 2100. The minimum absolute atomic E-state index is 0.218. The fourth-order valence-corrected chi connectivity index (χ4v) is 3.74. The van der Waals surface area contributed by atoms with Crippen LogP contribution in [0.2, 0.25) is 0 Å². The smallest absolute Gasteiger partial charge is 0.205 e. The molecule has 6 rings (SSSR count). The maximum Gasteiger partial charge on any atom is 0.205 e. The van der Waals surface area contributed by atoms with Crippen LogP contribution >= 0.6 is 22.6 Å². The van der Waals surface area contributed by atoms with Crippen LogP contribution in [0, 0.1) is 52.5 Å². The summed E-state index contributed by atoms with van der Waals surface area (Å²) in [5, 5.41) is 8.16. The third-order valence-electron chi connectivity index (χ3n) is 5.23. The molecule has 2 aromatic carbocycles. The molecule has 0 aliphatic rings. The first-order valence-corrected chi connectivity index (χ1v) is 13.6. The van der Waals surface area contributed by atoms with E-state index in [1.807, 2.05) is 0 Å². The number of nitrogens with zero attached hydrogens (tertiary/aromatic N) is 10. The van der Waals surface area contributed by atoms with Gasteiger partial charge in [-0.05, 0) is 83.0 Å². The Labute approximate surface area is 270 Å². The molecule has 0 unspecified atom stereocenters. The molecule has 6 aromatic rings. The van der Waals surface area contributed by atoms with Crippen LogP contribution in [0.4, 0.5) is 20.2 Å². The van der Waals surface area contributed by atoms with Crippen molar-refractivity contribution < 1.29 is 8.78 Å². The van der Waals surface area contributed by atoms with E-state index in [4.69, 9.17) is 19.6 Å². The van der Waals surface area contributed by atoms with Crippen LogP contribution in [-0.2, 0) is 0 Å². The second kappa shape index (κ2) is 15.8. The maximum atomic E-state index is 13.4. The van der Waals surface area contributed by atoms with Crippen molar-refractivity contribution >= 4 is 34.0 Å². The molecule has 4 heterocycles. The van der Waals surface area contributed by atoms with Crippen molar-refractivity contribution in [3.05, 3.63) is 153 Å². The molecular weight excluding hydrogens is 689 g/mol. The van der Waals surface area contributed by atoms with E-state index in [2.05, 4.69) is 80.2 Å². The van der Waals surface area contributed by atoms with Gasteiger partial charge in [-0.25, -0.2) is 47.8 Å². The molecule has 0 saturated carbocycles. The lowest BCUT2D eigenvalue weighted by atomic mass is 10.2. The van der Waals surface area contributed by atoms with Crippen LogP contribution in [0.5, 0.6) is 0 Å². The molecule has 0 fully saturated rings. The van der Waals surface area contributed by atoms with E-state index < -0.39 is 11.6 Å². The van der Waals surface area contributed by atoms with Crippen molar-refractivity contribution in [2.75, 3.05) is 0 Å². The SMILES string of the molecule is C#Cc1ncccn1.[C-]#[N+]c1cc(F)cc(-n2cc(C#Cc3ncccn3)cn2)c1.[C-]#[N+]c1cc(F)cc(-n2cc(I)cn2)c1. The lowest BCUT2D eigenvalue weighted by molar-refractivity contribution is 0.626. The van der Waals surface area contributed by atoms with E-state index in [1.54, 1.807) is 78.5 Å². The van der Waals surface area contributed by atoms with Gasteiger partial charge in [0, 0.05) is 37.2 Å². The summed E-state index contributed by atoms with van der Waals surface area (Å²) < 4.78 is 30.5. The molecule has 0 aliphatic carbocycles. The van der Waals surface area contributed by atoms with Crippen LogP contribution in [0.1, 0.15) is 17.2 Å². The fraction of sp³-hybridized carbons (Fsp3) is 0. The zero-order valence-electron chi connectivity index (χ0n) is 22.9. The summed E-state index contributed by atoms with van der Waals surface area (Å²) in [6.07, 6.45) is 18.1. The molecule has 0 radical (unpaired) electrons. The Morgan fingerprint density at radius 1 is 0.689 bits per heavy atom. The molecule has 0 saturated heterocycles. The highest BCUT2D eigenvalue weighted by Crippen LogP contribution is 2.21. The minimum atomic E-state index is -0.482. The van der Waals surface area contributed by atoms with Gasteiger partial charge < -0.3 is 0 Å². The number of hydrogen-bond acceptors (Lipinski definition) is 6. The normalized spacial score (nSPS) is 9.42. The van der Waals surface area contributed by atoms with E-state index >= 15 is 0 Å². The molecule has 0 spiro atoms. The molecule has 10 nitrogen and oxygen atoms in total. The second-order valence-electron chi connectivity index (χ2n) is 8.37. The standard InChI is InChI=1S/C16H8FN5.C10H5FIN3.C6H4N2/c1-18-14-7-13(17)8-15(9-14)22-11-12(10-21-22)3-4-16-19-5-2-6-20-16;1-13-9-2-7(11)3-10(4-9)15-6-8(12)5-14-15;1-2-6-7-4-3-5-8-6/h2,5-11H;2-6H;1,3-5H. The number of aromatic nitrogens is 8. The van der Waals surface area contributed by atoms with E-state index in [0.29, 0.717) is 28.6 Å². The second-order valence-corrected chi connectivity index (χ2v) is 9.62. The van der Waals surface area contributed by atoms with E-state index in [9.17, 15) is 8.78 Å². The van der Waals surface area contributed by atoms with Gasteiger partial charge >= 0.3 is 0 Å². The highest BCUT2D eigenvalue weighted by molar-refractivity contribution is 14.1. The van der Waals surface area contributed by atoms with E-state index in [1.165, 1.54) is 28.9 Å². The van der Waals surface area contributed by atoms with Crippen LogP contribution in [-0.4, -0.2) is 39.5 Å². The predicted octanol–water partition coefficient (Wildman–Crippen LogP) is 6.38. The van der Waals surface area contributed by atoms with Gasteiger partial charge in [-0.15, -0.1) is 6.42 Å². The van der Waals surface area contributed by atoms with Gasteiger partial charge in [-0.2, -0.15) is 10.2 Å². The molecule has 0 amide bonds. The van der Waals surface area contributed by atoms with Crippen molar-refractivity contribution in [3.63, 3.8) is 0 Å². The zero-order valence-corrected chi connectivity index (χ0v) is 25.1. The molecule has 4 aromatic heterocycles. The zero-order chi connectivity index (χ0) is 32.0. The molecule has 0 aliphatic heterocycles. The Morgan fingerprint density at radius 2 is 1.20 bits per heavy atom. The average Bonchev–Trinajstić information content (AvgIpc) is 3.74. The quantitative estimate of drug-likeness (QED) is 0.118. The molecule has 0 atom stereocenters. The first-order valence-electron chi connectivity index (χ1n) is 12.5. The largest absolute Gasteiger partial charge is 0.241 e. The van der Waals surface area contributed by atoms with E-state index in [0.717, 1.165) is 3.57 Å². The lowest BCUT2D eigenvalue weighted by Crippen LogP contribution is -1.94. The number of benzene rings is 2. The van der Waals surface area contributed by atoms with Crippen LogP contribution in [0.3, 0.4) is 0 Å². The lowest BCUT2D eigenvalue weighted by Gasteiger charge is -2.01. The number of halogens is 3. The Kier molecular flexibility index (Phi) is 11.1. The first kappa shape index (κ1) is 31.6. The van der Waals surface area contributed by atoms with Crippen LogP contribution in [0.15, 0.2) is 98.1 Å². The topological polar surface area (TPSA) is 95.9 Å². The summed E-state index contributed by atoms with van der Waals surface area (Å²) in [5.74, 6) is 7.94. The summed E-state index contributed by atoms with van der Waals surface area (Å²) in [6, 6.07) is 11.6. The third-order valence-corrected chi connectivity index (χ3v) is 5.79. The first-order chi connectivity index (χ1) is 21.9. The Morgan fingerprint density at radius 3 is 1.67 bits per heavy atom. The summed E-state index contributed by atoms with van der Waals surface area (Å²) in [6.45, 7) is 13.8. The monoisotopic (exact) mass is 706 g/mol. The van der Waals surface area contributed by atoms with Gasteiger partial charge in [0.15, 0.2) is 11.4 Å². The maximum absolute atomic E-state index is 13.4. The van der Waals surface area contributed by atoms with Gasteiger partial charge in [-0.3, -0.25) is 0 Å². The highest BCUT2D eigenvalue weighted by Gasteiger charge is 2.05. The fourth-order valence-electron chi connectivity index (χ4n) is 3.35. The van der Waals surface area contributed by atoms with Crippen LogP contribution in [0.25, 0.3) is 21.1 Å². The molecular formula is C32H17F2IN10.